The highest BCUT2D eigenvalue weighted by molar-refractivity contribution is 7.07. The largest absolute Gasteiger partial charge is 0.422 e. The molecule has 0 bridgehead atoms. The van der Waals surface area contributed by atoms with Crippen LogP contribution in [0.15, 0.2) is 56.4 Å². The fourth-order valence-corrected chi connectivity index (χ4v) is 3.28. The maximum absolute atomic E-state index is 12.4. The Kier molecular flexibility index (Phi) is 4.78. The molecule has 124 valence electrons. The summed E-state index contributed by atoms with van der Waals surface area (Å²) in [6, 6.07) is 10.8. The highest BCUT2D eigenvalue weighted by Crippen LogP contribution is 2.20. The van der Waals surface area contributed by atoms with E-state index in [1.807, 2.05) is 42.6 Å². The maximum Gasteiger partial charge on any atom is 0.349 e. The van der Waals surface area contributed by atoms with E-state index in [0.717, 1.165) is 10.9 Å². The first kappa shape index (κ1) is 16.4. The number of likely N-dealkylation sites (N-methyl/N-ethyl adjacent to an activating group) is 1. The van der Waals surface area contributed by atoms with Crippen LogP contribution in [0.1, 0.15) is 22.0 Å². The number of rotatable bonds is 5. The van der Waals surface area contributed by atoms with Crippen LogP contribution in [-0.2, 0) is 0 Å². The van der Waals surface area contributed by atoms with Crippen molar-refractivity contribution in [2.24, 2.45) is 0 Å². The van der Waals surface area contributed by atoms with Crippen LogP contribution in [0.3, 0.4) is 0 Å². The van der Waals surface area contributed by atoms with E-state index in [-0.39, 0.29) is 11.6 Å². The molecule has 0 saturated heterocycles. The van der Waals surface area contributed by atoms with E-state index in [1.54, 1.807) is 29.5 Å². The molecule has 0 aliphatic carbocycles. The minimum Gasteiger partial charge on any atom is -0.422 e. The van der Waals surface area contributed by atoms with E-state index in [2.05, 4.69) is 10.7 Å². The summed E-state index contributed by atoms with van der Waals surface area (Å²) in [6.07, 6.45) is 0. The van der Waals surface area contributed by atoms with E-state index in [9.17, 15) is 9.59 Å². The Labute approximate surface area is 143 Å². The number of hydrogen-bond donors (Lipinski definition) is 1. The molecule has 0 aliphatic heterocycles. The summed E-state index contributed by atoms with van der Waals surface area (Å²) in [5, 5.41) is 7.63. The Hall–Kier alpha value is -2.44. The van der Waals surface area contributed by atoms with Crippen LogP contribution in [0.5, 0.6) is 0 Å². The Bertz CT molecular complexity index is 900. The van der Waals surface area contributed by atoms with Crippen LogP contribution in [0.4, 0.5) is 0 Å². The predicted molar refractivity (Wildman–Crippen MR) is 95.6 cm³/mol. The van der Waals surface area contributed by atoms with Gasteiger partial charge in [-0.05, 0) is 48.6 Å². The Morgan fingerprint density at radius 3 is 2.79 bits per heavy atom. The molecule has 5 nitrogen and oxygen atoms in total. The van der Waals surface area contributed by atoms with Gasteiger partial charge in [-0.2, -0.15) is 11.3 Å². The van der Waals surface area contributed by atoms with Crippen molar-refractivity contribution >= 4 is 28.2 Å². The molecule has 0 radical (unpaired) electrons. The first-order valence-corrected chi connectivity index (χ1v) is 8.50. The van der Waals surface area contributed by atoms with Gasteiger partial charge in [0, 0.05) is 11.9 Å². The molecule has 1 N–H and O–H groups in total. The second-order valence-electron chi connectivity index (χ2n) is 5.73. The zero-order valence-corrected chi connectivity index (χ0v) is 14.3. The van der Waals surface area contributed by atoms with Crippen LogP contribution in [0, 0.1) is 0 Å². The summed E-state index contributed by atoms with van der Waals surface area (Å²) >= 11 is 1.62. The minimum atomic E-state index is -0.622. The lowest BCUT2D eigenvalue weighted by atomic mass is 10.1. The van der Waals surface area contributed by atoms with Crippen LogP contribution < -0.4 is 10.9 Å². The highest BCUT2D eigenvalue weighted by Gasteiger charge is 2.18. The molecule has 0 saturated carbocycles. The van der Waals surface area contributed by atoms with Crippen molar-refractivity contribution in [3.05, 3.63) is 68.7 Å². The standard InChI is InChI=1S/C18H18N2O3S/c1-20(2)15(13-7-8-24-11-13)10-19-17(21)14-9-12-5-3-4-6-16(12)23-18(14)22/h3-9,11,15H,10H2,1-2H3,(H,19,21). The maximum atomic E-state index is 12.4. The third-order valence-corrected chi connectivity index (χ3v) is 4.59. The molecule has 1 amide bonds. The van der Waals surface area contributed by atoms with Crippen molar-refractivity contribution in [3.8, 4) is 0 Å². The predicted octanol–water partition coefficient (Wildman–Crippen LogP) is 2.89. The van der Waals surface area contributed by atoms with Gasteiger partial charge in [0.1, 0.15) is 11.1 Å². The lowest BCUT2D eigenvalue weighted by Crippen LogP contribution is -2.36. The fourth-order valence-electron chi connectivity index (χ4n) is 2.57. The van der Waals surface area contributed by atoms with Gasteiger partial charge in [-0.25, -0.2) is 4.79 Å². The summed E-state index contributed by atoms with van der Waals surface area (Å²) in [6.45, 7) is 0.412. The van der Waals surface area contributed by atoms with Crippen molar-refractivity contribution < 1.29 is 9.21 Å². The Morgan fingerprint density at radius 2 is 2.08 bits per heavy atom. The number of benzene rings is 1. The van der Waals surface area contributed by atoms with Crippen molar-refractivity contribution in [1.82, 2.24) is 10.2 Å². The first-order chi connectivity index (χ1) is 11.6. The van der Waals surface area contributed by atoms with Gasteiger partial charge >= 0.3 is 5.63 Å². The molecule has 0 aliphatic rings. The number of amides is 1. The molecule has 24 heavy (non-hydrogen) atoms. The number of carbonyl (C=O) groups is 1. The summed E-state index contributed by atoms with van der Waals surface area (Å²) in [4.78, 5) is 26.5. The molecule has 3 aromatic rings. The minimum absolute atomic E-state index is 0.0246. The number of hydrogen-bond acceptors (Lipinski definition) is 5. The molecule has 1 atom stereocenters. The number of nitrogens with zero attached hydrogens (tertiary/aromatic N) is 1. The van der Waals surface area contributed by atoms with Crippen LogP contribution in [-0.4, -0.2) is 31.4 Å². The van der Waals surface area contributed by atoms with Gasteiger partial charge in [-0.3, -0.25) is 4.79 Å². The van der Waals surface area contributed by atoms with Crippen molar-refractivity contribution in [1.29, 1.82) is 0 Å². The van der Waals surface area contributed by atoms with E-state index in [4.69, 9.17) is 4.42 Å². The summed E-state index contributed by atoms with van der Waals surface area (Å²) in [5.41, 5.74) is 1.01. The van der Waals surface area contributed by atoms with Gasteiger partial charge < -0.3 is 14.6 Å². The molecule has 2 aromatic heterocycles. The number of para-hydroxylation sites is 1. The molecule has 0 fully saturated rings. The zero-order valence-electron chi connectivity index (χ0n) is 13.5. The van der Waals surface area contributed by atoms with Gasteiger partial charge in [0.15, 0.2) is 0 Å². The fraction of sp³-hybridized carbons (Fsp3) is 0.222. The third kappa shape index (κ3) is 3.39. The van der Waals surface area contributed by atoms with Crippen LogP contribution in [0.2, 0.25) is 0 Å². The second-order valence-corrected chi connectivity index (χ2v) is 6.51. The van der Waals surface area contributed by atoms with E-state index in [0.29, 0.717) is 12.1 Å². The third-order valence-electron chi connectivity index (χ3n) is 3.89. The molecule has 0 spiro atoms. The Balaban J connectivity index is 1.80. The Morgan fingerprint density at radius 1 is 1.29 bits per heavy atom. The van der Waals surface area contributed by atoms with Gasteiger partial charge in [0.2, 0.25) is 0 Å². The molecule has 3 rings (SSSR count). The van der Waals surface area contributed by atoms with Crippen molar-refractivity contribution in [2.75, 3.05) is 20.6 Å². The second kappa shape index (κ2) is 6.98. The van der Waals surface area contributed by atoms with Gasteiger partial charge in [-0.1, -0.05) is 18.2 Å². The summed E-state index contributed by atoms with van der Waals surface area (Å²) in [5.74, 6) is -0.420. The van der Waals surface area contributed by atoms with Gasteiger partial charge in [0.05, 0.1) is 6.04 Å². The van der Waals surface area contributed by atoms with Gasteiger partial charge in [0.25, 0.3) is 5.91 Å². The number of thiophene rings is 1. The average molecular weight is 342 g/mol. The molecule has 1 unspecified atom stereocenters. The van der Waals surface area contributed by atoms with Crippen LogP contribution in [0.25, 0.3) is 11.0 Å². The SMILES string of the molecule is CN(C)C(CNC(=O)c1cc2ccccc2oc1=O)c1ccsc1. The van der Waals surface area contributed by atoms with Crippen molar-refractivity contribution in [3.63, 3.8) is 0 Å². The molecule has 1 aromatic carbocycles. The van der Waals surface area contributed by atoms with E-state index < -0.39 is 11.5 Å². The lowest BCUT2D eigenvalue weighted by Gasteiger charge is -2.23. The smallest absolute Gasteiger partial charge is 0.349 e. The molecular weight excluding hydrogens is 324 g/mol. The first-order valence-electron chi connectivity index (χ1n) is 7.56. The quantitative estimate of drug-likeness (QED) is 0.724. The van der Waals surface area contributed by atoms with E-state index in [1.165, 1.54) is 0 Å². The highest BCUT2D eigenvalue weighted by atomic mass is 32.1. The molecular formula is C18H18N2O3S. The normalized spacial score (nSPS) is 12.5. The summed E-state index contributed by atoms with van der Waals surface area (Å²) in [7, 11) is 3.91. The summed E-state index contributed by atoms with van der Waals surface area (Å²) < 4.78 is 5.22. The topological polar surface area (TPSA) is 62.6 Å². The number of nitrogens with one attached hydrogen (secondary N) is 1. The van der Waals surface area contributed by atoms with E-state index >= 15 is 0 Å². The van der Waals surface area contributed by atoms with Crippen molar-refractivity contribution in [2.45, 2.75) is 6.04 Å². The molecule has 6 heteroatoms. The number of fused-ring (bicyclic) bond motifs is 1. The zero-order chi connectivity index (χ0) is 17.1. The number of carbonyl (C=O) groups excluding carboxylic acids is 1. The average Bonchev–Trinajstić information content (AvgIpc) is 3.08. The van der Waals surface area contributed by atoms with Gasteiger partial charge in [-0.15, -0.1) is 0 Å². The monoisotopic (exact) mass is 342 g/mol. The van der Waals surface area contributed by atoms with Crippen LogP contribution >= 0.6 is 11.3 Å². The lowest BCUT2D eigenvalue weighted by molar-refractivity contribution is 0.0938. The molecule has 2 heterocycles.